The second kappa shape index (κ2) is 8.85. The molecule has 0 atom stereocenters. The van der Waals surface area contributed by atoms with Gasteiger partial charge in [0.25, 0.3) is 5.91 Å². The molecule has 0 fully saturated rings. The van der Waals surface area contributed by atoms with Gasteiger partial charge in [-0.15, -0.1) is 0 Å². The summed E-state index contributed by atoms with van der Waals surface area (Å²) in [5.74, 6) is -0.156. The topological polar surface area (TPSA) is 73.5 Å². The van der Waals surface area contributed by atoms with Crippen LogP contribution in [-0.4, -0.2) is 32.5 Å². The van der Waals surface area contributed by atoms with Gasteiger partial charge in [0.15, 0.2) is 0 Å². The summed E-state index contributed by atoms with van der Waals surface area (Å²) in [4.78, 5) is 26.6. The zero-order chi connectivity index (χ0) is 21.8. The Balaban J connectivity index is 1.71. The summed E-state index contributed by atoms with van der Waals surface area (Å²) < 4.78 is 0. The third kappa shape index (κ3) is 4.20. The number of likely N-dealkylation sites (N-methyl/N-ethyl adjacent to an activating group) is 2. The predicted molar refractivity (Wildman–Crippen MR) is 126 cm³/mol. The molecule has 4 rings (SSSR count). The van der Waals surface area contributed by atoms with Gasteiger partial charge in [-0.05, 0) is 42.9 Å². The van der Waals surface area contributed by atoms with Crippen LogP contribution in [0.1, 0.15) is 11.1 Å². The molecule has 0 unspecified atom stereocenters. The van der Waals surface area contributed by atoms with Crippen LogP contribution in [0.4, 0.5) is 17.1 Å². The van der Waals surface area contributed by atoms with Crippen LogP contribution in [0, 0.1) is 0 Å². The number of anilines is 3. The van der Waals surface area contributed by atoms with Crippen LogP contribution >= 0.6 is 0 Å². The molecule has 0 bridgehead atoms. The zero-order valence-corrected chi connectivity index (χ0v) is 17.5. The van der Waals surface area contributed by atoms with Crippen LogP contribution in [-0.2, 0) is 9.59 Å². The number of benzene rings is 3. The van der Waals surface area contributed by atoms with Gasteiger partial charge in [0.1, 0.15) is 0 Å². The van der Waals surface area contributed by atoms with Crippen molar-refractivity contribution in [2.75, 3.05) is 36.2 Å². The van der Waals surface area contributed by atoms with Gasteiger partial charge in [-0.2, -0.15) is 0 Å². The van der Waals surface area contributed by atoms with Crippen LogP contribution in [0.15, 0.2) is 78.9 Å². The number of amides is 2. The van der Waals surface area contributed by atoms with Gasteiger partial charge in [-0.3, -0.25) is 9.59 Å². The molecular weight excluding hydrogens is 388 g/mol. The van der Waals surface area contributed by atoms with Gasteiger partial charge < -0.3 is 20.9 Å². The molecule has 0 saturated heterocycles. The fourth-order valence-electron chi connectivity index (χ4n) is 3.58. The van der Waals surface area contributed by atoms with Crippen molar-refractivity contribution < 1.29 is 9.59 Å². The van der Waals surface area contributed by atoms with E-state index in [1.54, 1.807) is 19.0 Å². The molecule has 1 aliphatic heterocycles. The van der Waals surface area contributed by atoms with E-state index in [4.69, 9.17) is 0 Å². The summed E-state index contributed by atoms with van der Waals surface area (Å²) in [6.07, 6.45) is 0. The predicted octanol–water partition coefficient (Wildman–Crippen LogP) is 3.80. The zero-order valence-electron chi connectivity index (χ0n) is 17.5. The maximum absolute atomic E-state index is 12.9. The maximum atomic E-state index is 12.9. The molecule has 0 radical (unpaired) electrons. The second-order valence-corrected chi connectivity index (χ2v) is 7.27. The van der Waals surface area contributed by atoms with E-state index in [2.05, 4.69) is 16.0 Å². The summed E-state index contributed by atoms with van der Waals surface area (Å²) >= 11 is 0. The second-order valence-electron chi connectivity index (χ2n) is 7.27. The van der Waals surface area contributed by atoms with Crippen molar-refractivity contribution in [1.82, 2.24) is 5.32 Å². The molecule has 1 heterocycles. The molecule has 0 spiro atoms. The Hall–Kier alpha value is -3.90. The lowest BCUT2D eigenvalue weighted by Crippen LogP contribution is -2.34. The smallest absolute Gasteiger partial charge is 0.258 e. The number of nitrogens with one attached hydrogen (secondary N) is 3. The first-order chi connectivity index (χ1) is 15.1. The number of hydrogen-bond acceptors (Lipinski definition) is 4. The minimum absolute atomic E-state index is 0.0189. The monoisotopic (exact) mass is 412 g/mol. The SMILES string of the molecule is CNCC(=O)N(C)c1ccc(N/C(=C2\C(=O)Nc3ccccc32)c2ccccc2)cc1. The van der Waals surface area contributed by atoms with Gasteiger partial charge >= 0.3 is 0 Å². The first kappa shape index (κ1) is 20.4. The Morgan fingerprint density at radius 2 is 1.61 bits per heavy atom. The van der Waals surface area contributed by atoms with Gasteiger partial charge in [0, 0.05) is 29.7 Å². The largest absolute Gasteiger partial charge is 0.354 e. The van der Waals surface area contributed by atoms with Crippen molar-refractivity contribution >= 4 is 40.1 Å². The molecule has 3 N–H and O–H groups in total. The van der Waals surface area contributed by atoms with E-state index >= 15 is 0 Å². The van der Waals surface area contributed by atoms with Gasteiger partial charge in [-0.25, -0.2) is 0 Å². The molecule has 0 aromatic heterocycles. The van der Waals surface area contributed by atoms with Crippen molar-refractivity contribution in [2.24, 2.45) is 0 Å². The third-order valence-corrected chi connectivity index (χ3v) is 5.21. The minimum Gasteiger partial charge on any atom is -0.354 e. The molecule has 3 aromatic carbocycles. The maximum Gasteiger partial charge on any atom is 0.258 e. The van der Waals surface area contributed by atoms with E-state index in [-0.39, 0.29) is 18.4 Å². The van der Waals surface area contributed by atoms with E-state index in [1.807, 2.05) is 78.9 Å². The Morgan fingerprint density at radius 3 is 2.32 bits per heavy atom. The molecule has 2 amide bonds. The molecule has 31 heavy (non-hydrogen) atoms. The number of rotatable bonds is 6. The normalized spacial score (nSPS) is 13.9. The van der Waals surface area contributed by atoms with Crippen molar-refractivity contribution in [3.63, 3.8) is 0 Å². The lowest BCUT2D eigenvalue weighted by Gasteiger charge is -2.19. The highest BCUT2D eigenvalue weighted by Gasteiger charge is 2.28. The fraction of sp³-hybridized carbons (Fsp3) is 0.120. The number of nitrogens with zero attached hydrogens (tertiary/aromatic N) is 1. The van der Waals surface area contributed by atoms with Crippen LogP contribution in [0.25, 0.3) is 11.3 Å². The molecule has 3 aromatic rings. The van der Waals surface area contributed by atoms with Crippen molar-refractivity contribution in [3.05, 3.63) is 90.0 Å². The van der Waals surface area contributed by atoms with Crippen LogP contribution in [0.2, 0.25) is 0 Å². The van der Waals surface area contributed by atoms with E-state index in [1.165, 1.54) is 0 Å². The van der Waals surface area contributed by atoms with Gasteiger partial charge in [0.05, 0.1) is 17.8 Å². The molecule has 6 nitrogen and oxygen atoms in total. The highest BCUT2D eigenvalue weighted by Crippen LogP contribution is 2.37. The van der Waals surface area contributed by atoms with E-state index in [0.717, 1.165) is 33.9 Å². The number of carbonyl (C=O) groups excluding carboxylic acids is 2. The summed E-state index contributed by atoms with van der Waals surface area (Å²) in [5, 5.41) is 9.25. The summed E-state index contributed by atoms with van der Waals surface area (Å²) in [5.41, 5.74) is 5.54. The Morgan fingerprint density at radius 1 is 0.935 bits per heavy atom. The first-order valence-electron chi connectivity index (χ1n) is 10.1. The lowest BCUT2D eigenvalue weighted by molar-refractivity contribution is -0.117. The fourth-order valence-corrected chi connectivity index (χ4v) is 3.58. The molecule has 0 aliphatic carbocycles. The number of carbonyl (C=O) groups is 2. The average molecular weight is 412 g/mol. The Kier molecular flexibility index (Phi) is 5.82. The minimum atomic E-state index is -0.137. The van der Waals surface area contributed by atoms with Gasteiger partial charge in [0.2, 0.25) is 5.91 Å². The van der Waals surface area contributed by atoms with Crippen molar-refractivity contribution in [3.8, 4) is 0 Å². The Bertz CT molecular complexity index is 1140. The molecule has 1 aliphatic rings. The van der Waals surface area contributed by atoms with Crippen molar-refractivity contribution in [2.45, 2.75) is 0 Å². The van der Waals surface area contributed by atoms with Crippen LogP contribution < -0.4 is 20.9 Å². The van der Waals surface area contributed by atoms with E-state index in [9.17, 15) is 9.59 Å². The molecule has 6 heteroatoms. The third-order valence-electron chi connectivity index (χ3n) is 5.21. The average Bonchev–Trinajstić information content (AvgIpc) is 3.13. The highest BCUT2D eigenvalue weighted by molar-refractivity contribution is 6.37. The quantitative estimate of drug-likeness (QED) is 0.539. The van der Waals surface area contributed by atoms with Gasteiger partial charge in [-0.1, -0.05) is 48.5 Å². The molecular formula is C25H24N4O2. The number of hydrogen-bond donors (Lipinski definition) is 3. The number of fused-ring (bicyclic) bond motifs is 1. The number of para-hydroxylation sites is 1. The molecule has 156 valence electrons. The summed E-state index contributed by atoms with van der Waals surface area (Å²) in [6, 6.07) is 25.0. The molecule has 0 saturated carbocycles. The van der Waals surface area contributed by atoms with Crippen molar-refractivity contribution in [1.29, 1.82) is 0 Å². The highest BCUT2D eigenvalue weighted by atomic mass is 16.2. The summed E-state index contributed by atoms with van der Waals surface area (Å²) in [6.45, 7) is 0.273. The van der Waals surface area contributed by atoms with E-state index < -0.39 is 0 Å². The van der Waals surface area contributed by atoms with E-state index in [0.29, 0.717) is 5.57 Å². The summed E-state index contributed by atoms with van der Waals surface area (Å²) in [7, 11) is 3.49. The standard InChI is InChI=1S/C25H24N4O2/c1-26-16-22(30)29(2)19-14-12-18(13-15-19)27-24(17-8-4-3-5-9-17)23-20-10-6-7-11-21(20)28-25(23)31/h3-15,26-27H,16H2,1-2H3,(H,28,31)/b24-23-. The van der Waals surface area contributed by atoms with Crippen LogP contribution in [0.5, 0.6) is 0 Å². The first-order valence-corrected chi connectivity index (χ1v) is 10.1. The van der Waals surface area contributed by atoms with Crippen LogP contribution in [0.3, 0.4) is 0 Å². The Labute approximate surface area is 181 Å². The lowest BCUT2D eigenvalue weighted by atomic mass is 10.00.